The van der Waals surface area contributed by atoms with E-state index in [0.29, 0.717) is 5.76 Å². The number of hydrogen-bond acceptors (Lipinski definition) is 8. The SMILES string of the molecule is Cc1cc(C(=O)N2CCN(S(=O)(=O)c3cccs3)C2C(=O)NC(CC(=O)O)C2CCCCC2)no1. The molecule has 1 saturated heterocycles. The van der Waals surface area contributed by atoms with Crippen molar-refractivity contribution in [3.05, 3.63) is 35.0 Å². The van der Waals surface area contributed by atoms with E-state index < -0.39 is 40.0 Å². The van der Waals surface area contributed by atoms with Gasteiger partial charge in [-0.3, -0.25) is 14.4 Å². The Morgan fingerprint density at radius 1 is 1.26 bits per heavy atom. The smallest absolute Gasteiger partial charge is 0.305 e. The number of carboxylic acid groups (broad SMARTS) is 1. The van der Waals surface area contributed by atoms with Crippen molar-refractivity contribution < 1.29 is 32.4 Å². The highest BCUT2D eigenvalue weighted by molar-refractivity contribution is 7.91. The number of sulfonamides is 1. The Balaban J connectivity index is 1.65. The van der Waals surface area contributed by atoms with Crippen LogP contribution in [0.25, 0.3) is 0 Å². The summed E-state index contributed by atoms with van der Waals surface area (Å²) >= 11 is 1.02. The minimum absolute atomic E-state index is 0.0273. The molecule has 35 heavy (non-hydrogen) atoms. The standard InChI is InChI=1S/C22H28N4O7S2/c1-14-12-17(24-33-14)22(30)25-9-10-26(35(31,32)19-8-5-11-34-19)21(25)20(29)23-16(13-18(27)28)15-6-3-2-4-7-15/h5,8,11-12,15-16,21H,2-4,6-7,9-10,13H2,1H3,(H,23,29)(H,27,28). The van der Waals surface area contributed by atoms with Crippen molar-refractivity contribution in [1.82, 2.24) is 19.7 Å². The van der Waals surface area contributed by atoms with Crippen LogP contribution in [0.15, 0.2) is 32.3 Å². The Labute approximate surface area is 207 Å². The van der Waals surface area contributed by atoms with Gasteiger partial charge in [0, 0.05) is 25.2 Å². The molecule has 1 aliphatic carbocycles. The molecule has 0 spiro atoms. The van der Waals surface area contributed by atoms with Crippen molar-refractivity contribution in [3.8, 4) is 0 Å². The maximum atomic E-state index is 13.6. The lowest BCUT2D eigenvalue weighted by molar-refractivity contribution is -0.138. The van der Waals surface area contributed by atoms with Gasteiger partial charge in [0.2, 0.25) is 0 Å². The minimum atomic E-state index is -4.08. The second-order valence-corrected chi connectivity index (χ2v) is 11.9. The van der Waals surface area contributed by atoms with Crippen LogP contribution in [0.1, 0.15) is 54.8 Å². The van der Waals surface area contributed by atoms with E-state index in [1.54, 1.807) is 18.4 Å². The third-order valence-electron chi connectivity index (χ3n) is 6.47. The maximum Gasteiger partial charge on any atom is 0.305 e. The first-order valence-corrected chi connectivity index (χ1v) is 13.8. The molecule has 4 rings (SSSR count). The van der Waals surface area contributed by atoms with Crippen LogP contribution in [-0.2, 0) is 19.6 Å². The zero-order valence-corrected chi connectivity index (χ0v) is 20.9. The van der Waals surface area contributed by atoms with E-state index in [1.807, 2.05) is 0 Å². The lowest BCUT2D eigenvalue weighted by Gasteiger charge is -2.33. The Kier molecular flexibility index (Phi) is 7.57. The molecular weight excluding hydrogens is 496 g/mol. The van der Waals surface area contributed by atoms with Crippen molar-refractivity contribution in [1.29, 1.82) is 0 Å². The molecule has 2 aromatic heterocycles. The van der Waals surface area contributed by atoms with Crippen LogP contribution in [0.5, 0.6) is 0 Å². The summed E-state index contributed by atoms with van der Waals surface area (Å²) in [4.78, 5) is 39.5. The number of carbonyl (C=O) groups is 3. The van der Waals surface area contributed by atoms with Gasteiger partial charge in [0.25, 0.3) is 21.8 Å². The number of carboxylic acids is 1. The summed E-state index contributed by atoms with van der Waals surface area (Å²) in [5.41, 5.74) is -0.0370. The first-order valence-electron chi connectivity index (χ1n) is 11.5. The summed E-state index contributed by atoms with van der Waals surface area (Å²) in [5, 5.41) is 17.6. The molecule has 1 saturated carbocycles. The summed E-state index contributed by atoms with van der Waals surface area (Å²) in [6.45, 7) is 1.50. The first-order chi connectivity index (χ1) is 16.7. The molecule has 0 bridgehead atoms. The van der Waals surface area contributed by atoms with E-state index in [9.17, 15) is 27.9 Å². The molecule has 0 radical (unpaired) electrons. The van der Waals surface area contributed by atoms with Crippen LogP contribution in [0.3, 0.4) is 0 Å². The van der Waals surface area contributed by atoms with E-state index in [0.717, 1.165) is 52.6 Å². The molecule has 2 atom stereocenters. The molecule has 1 aliphatic heterocycles. The normalized spacial score (nSPS) is 20.6. The van der Waals surface area contributed by atoms with Crippen molar-refractivity contribution in [2.75, 3.05) is 13.1 Å². The number of aromatic nitrogens is 1. The fourth-order valence-electron chi connectivity index (χ4n) is 4.80. The summed E-state index contributed by atoms with van der Waals surface area (Å²) < 4.78 is 32.8. The number of aryl methyl sites for hydroxylation is 1. The van der Waals surface area contributed by atoms with Gasteiger partial charge in [-0.05, 0) is 37.1 Å². The van der Waals surface area contributed by atoms with Crippen LogP contribution in [0.4, 0.5) is 0 Å². The molecule has 3 heterocycles. The van der Waals surface area contributed by atoms with Gasteiger partial charge < -0.3 is 19.8 Å². The van der Waals surface area contributed by atoms with E-state index in [1.165, 1.54) is 12.1 Å². The number of rotatable bonds is 8. The van der Waals surface area contributed by atoms with Crippen molar-refractivity contribution in [2.45, 2.75) is 61.9 Å². The highest BCUT2D eigenvalue weighted by atomic mass is 32.2. The second kappa shape index (κ2) is 10.5. The molecule has 0 aromatic carbocycles. The number of hydrogen-bond donors (Lipinski definition) is 2. The predicted octanol–water partition coefficient (Wildman–Crippen LogP) is 2.06. The lowest BCUT2D eigenvalue weighted by atomic mass is 9.82. The topological polar surface area (TPSA) is 150 Å². The monoisotopic (exact) mass is 524 g/mol. The fraction of sp³-hybridized carbons (Fsp3) is 0.545. The van der Waals surface area contributed by atoms with Gasteiger partial charge >= 0.3 is 5.97 Å². The molecule has 2 aromatic rings. The first kappa shape index (κ1) is 25.3. The highest BCUT2D eigenvalue weighted by Crippen LogP contribution is 2.31. The summed E-state index contributed by atoms with van der Waals surface area (Å²) in [7, 11) is -4.08. The zero-order chi connectivity index (χ0) is 25.2. The van der Waals surface area contributed by atoms with Crippen LogP contribution in [0.2, 0.25) is 0 Å². The van der Waals surface area contributed by atoms with E-state index in [2.05, 4.69) is 10.5 Å². The number of nitrogens with zero attached hydrogens (tertiary/aromatic N) is 3. The van der Waals surface area contributed by atoms with Gasteiger partial charge in [0.15, 0.2) is 11.9 Å². The van der Waals surface area contributed by atoms with Crippen LogP contribution >= 0.6 is 11.3 Å². The predicted molar refractivity (Wildman–Crippen MR) is 125 cm³/mol. The molecule has 2 unspecified atom stereocenters. The number of amides is 2. The highest BCUT2D eigenvalue weighted by Gasteiger charge is 2.48. The summed E-state index contributed by atoms with van der Waals surface area (Å²) in [5.74, 6) is -2.06. The zero-order valence-electron chi connectivity index (χ0n) is 19.3. The molecule has 13 heteroatoms. The Morgan fingerprint density at radius 2 is 2.00 bits per heavy atom. The summed E-state index contributed by atoms with van der Waals surface area (Å²) in [6, 6.07) is 3.78. The minimum Gasteiger partial charge on any atom is -0.481 e. The molecular formula is C22H28N4O7S2. The molecule has 2 aliphatic rings. The number of thiophene rings is 1. The van der Waals surface area contributed by atoms with Crippen LogP contribution in [-0.4, -0.2) is 71.0 Å². The van der Waals surface area contributed by atoms with Gasteiger partial charge in [-0.2, -0.15) is 4.31 Å². The van der Waals surface area contributed by atoms with Gasteiger partial charge in [0.1, 0.15) is 9.97 Å². The molecule has 2 N–H and O–H groups in total. The second-order valence-electron chi connectivity index (χ2n) is 8.85. The number of nitrogens with one attached hydrogen (secondary N) is 1. The lowest BCUT2D eigenvalue weighted by Crippen LogP contribution is -2.56. The molecule has 2 amide bonds. The van der Waals surface area contributed by atoms with Gasteiger partial charge in [0.05, 0.1) is 6.42 Å². The van der Waals surface area contributed by atoms with E-state index in [-0.39, 0.29) is 35.3 Å². The molecule has 11 nitrogen and oxygen atoms in total. The Hall–Kier alpha value is -2.77. The van der Waals surface area contributed by atoms with Crippen molar-refractivity contribution in [3.63, 3.8) is 0 Å². The van der Waals surface area contributed by atoms with Crippen molar-refractivity contribution >= 4 is 39.1 Å². The fourth-order valence-corrected chi connectivity index (χ4v) is 7.47. The van der Waals surface area contributed by atoms with E-state index >= 15 is 0 Å². The molecule has 2 fully saturated rings. The van der Waals surface area contributed by atoms with Gasteiger partial charge in [-0.25, -0.2) is 8.42 Å². The van der Waals surface area contributed by atoms with Crippen LogP contribution < -0.4 is 5.32 Å². The number of carbonyl (C=O) groups excluding carboxylic acids is 2. The van der Waals surface area contributed by atoms with Crippen LogP contribution in [0, 0.1) is 12.8 Å². The Morgan fingerprint density at radius 3 is 2.60 bits per heavy atom. The van der Waals surface area contributed by atoms with Gasteiger partial charge in [-0.15, -0.1) is 11.3 Å². The quantitative estimate of drug-likeness (QED) is 0.533. The Bertz CT molecular complexity index is 1170. The maximum absolute atomic E-state index is 13.6. The largest absolute Gasteiger partial charge is 0.481 e. The summed E-state index contributed by atoms with van der Waals surface area (Å²) in [6.07, 6.45) is 2.73. The third-order valence-corrected chi connectivity index (χ3v) is 9.70. The van der Waals surface area contributed by atoms with E-state index in [4.69, 9.17) is 4.52 Å². The third kappa shape index (κ3) is 5.41. The van der Waals surface area contributed by atoms with Gasteiger partial charge in [-0.1, -0.05) is 30.5 Å². The van der Waals surface area contributed by atoms with Crippen molar-refractivity contribution in [2.24, 2.45) is 5.92 Å². The average Bonchev–Trinajstić information content (AvgIpc) is 3.59. The number of aliphatic carboxylic acids is 1. The average molecular weight is 525 g/mol. The molecule has 190 valence electrons.